The Morgan fingerprint density at radius 2 is 1.78 bits per heavy atom. The van der Waals surface area contributed by atoms with Gasteiger partial charge in [0, 0.05) is 24.2 Å². The summed E-state index contributed by atoms with van der Waals surface area (Å²) < 4.78 is 31.4. The number of sulfonamides is 1. The van der Waals surface area contributed by atoms with E-state index < -0.39 is 21.6 Å². The zero-order valence-corrected chi connectivity index (χ0v) is 15.6. The van der Waals surface area contributed by atoms with Crippen molar-refractivity contribution in [3.63, 3.8) is 0 Å². The summed E-state index contributed by atoms with van der Waals surface area (Å²) in [5.74, 6) is -0.447. The van der Waals surface area contributed by atoms with Gasteiger partial charge in [0.25, 0.3) is 0 Å². The zero-order chi connectivity index (χ0) is 19.6. The summed E-state index contributed by atoms with van der Waals surface area (Å²) >= 11 is 0. The Bertz CT molecular complexity index is 1150. The maximum Gasteiger partial charge on any atom is 0.336 e. The lowest BCUT2D eigenvalue weighted by atomic mass is 10.2. The van der Waals surface area contributed by atoms with E-state index in [1.165, 1.54) is 37.4 Å². The van der Waals surface area contributed by atoms with Crippen molar-refractivity contribution in [1.82, 2.24) is 4.31 Å². The van der Waals surface area contributed by atoms with Gasteiger partial charge in [-0.3, -0.25) is 4.79 Å². The van der Waals surface area contributed by atoms with Crippen LogP contribution in [0.2, 0.25) is 0 Å². The van der Waals surface area contributed by atoms with Crippen molar-refractivity contribution in [3.05, 3.63) is 70.6 Å². The molecule has 0 bridgehead atoms. The van der Waals surface area contributed by atoms with Crippen LogP contribution in [-0.4, -0.2) is 32.2 Å². The van der Waals surface area contributed by atoms with Gasteiger partial charge in [0.15, 0.2) is 0 Å². The number of rotatable bonds is 5. The van der Waals surface area contributed by atoms with Crippen molar-refractivity contribution in [2.75, 3.05) is 18.9 Å². The summed E-state index contributed by atoms with van der Waals surface area (Å²) in [7, 11) is -2.55. The van der Waals surface area contributed by atoms with E-state index >= 15 is 0 Å². The smallest absolute Gasteiger partial charge is 0.336 e. The van der Waals surface area contributed by atoms with Crippen LogP contribution in [0.4, 0.5) is 5.69 Å². The van der Waals surface area contributed by atoms with E-state index in [1.807, 2.05) is 19.1 Å². The third kappa shape index (κ3) is 4.24. The van der Waals surface area contributed by atoms with E-state index in [-0.39, 0.29) is 11.4 Å². The van der Waals surface area contributed by atoms with E-state index in [1.54, 1.807) is 12.1 Å². The Morgan fingerprint density at radius 3 is 2.48 bits per heavy atom. The molecule has 7 nitrogen and oxygen atoms in total. The molecule has 0 aliphatic carbocycles. The lowest BCUT2D eigenvalue weighted by Gasteiger charge is -2.17. The second-order valence-corrected chi connectivity index (χ2v) is 8.17. The van der Waals surface area contributed by atoms with Crippen LogP contribution < -0.4 is 10.9 Å². The van der Waals surface area contributed by atoms with Crippen LogP contribution in [0.25, 0.3) is 11.0 Å². The predicted octanol–water partition coefficient (Wildman–Crippen LogP) is 2.36. The van der Waals surface area contributed by atoms with Crippen LogP contribution in [0.1, 0.15) is 5.56 Å². The molecule has 0 atom stereocenters. The average Bonchev–Trinajstić information content (AvgIpc) is 2.63. The monoisotopic (exact) mass is 386 g/mol. The van der Waals surface area contributed by atoms with Gasteiger partial charge in [-0.15, -0.1) is 0 Å². The highest BCUT2D eigenvalue weighted by molar-refractivity contribution is 7.89. The van der Waals surface area contributed by atoms with Crippen LogP contribution in [0, 0.1) is 6.92 Å². The van der Waals surface area contributed by atoms with Gasteiger partial charge >= 0.3 is 5.63 Å². The maximum absolute atomic E-state index is 12.7. The topological polar surface area (TPSA) is 96.7 Å². The van der Waals surface area contributed by atoms with Crippen molar-refractivity contribution in [1.29, 1.82) is 0 Å². The number of fused-ring (bicyclic) bond motifs is 1. The van der Waals surface area contributed by atoms with Gasteiger partial charge in [-0.2, -0.15) is 4.31 Å². The predicted molar refractivity (Wildman–Crippen MR) is 102 cm³/mol. The number of nitrogens with one attached hydrogen (secondary N) is 1. The van der Waals surface area contributed by atoms with Crippen molar-refractivity contribution in [2.24, 2.45) is 0 Å². The molecule has 0 unspecified atom stereocenters. The molecule has 8 heteroatoms. The number of anilines is 1. The SMILES string of the molecule is Cc1ccc(NC(=O)CN(C)S(=O)(=O)c2ccc3oc(=O)ccc3c2)cc1. The van der Waals surface area contributed by atoms with Crippen LogP contribution in [0.3, 0.4) is 0 Å². The van der Waals surface area contributed by atoms with E-state index in [4.69, 9.17) is 4.42 Å². The number of hydrogen-bond acceptors (Lipinski definition) is 5. The number of carbonyl (C=O) groups is 1. The number of carbonyl (C=O) groups excluding carboxylic acids is 1. The van der Waals surface area contributed by atoms with Crippen molar-refractivity contribution in [2.45, 2.75) is 11.8 Å². The molecule has 1 amide bonds. The Balaban J connectivity index is 1.77. The van der Waals surface area contributed by atoms with Crippen LogP contribution in [0.15, 0.2) is 68.7 Å². The Hall–Kier alpha value is -2.97. The lowest BCUT2D eigenvalue weighted by Crippen LogP contribution is -2.34. The highest BCUT2D eigenvalue weighted by atomic mass is 32.2. The normalized spacial score (nSPS) is 11.7. The summed E-state index contributed by atoms with van der Waals surface area (Å²) in [6.45, 7) is 1.60. The molecule has 3 rings (SSSR count). The molecule has 2 aromatic carbocycles. The van der Waals surface area contributed by atoms with Gasteiger partial charge in [0.05, 0.1) is 11.4 Å². The van der Waals surface area contributed by atoms with Gasteiger partial charge in [-0.1, -0.05) is 17.7 Å². The molecule has 27 heavy (non-hydrogen) atoms. The minimum Gasteiger partial charge on any atom is -0.423 e. The largest absolute Gasteiger partial charge is 0.423 e. The standard InChI is InChI=1S/C19H18N2O5S/c1-13-3-6-15(7-4-13)20-18(22)12-21(2)27(24,25)16-8-9-17-14(11-16)5-10-19(23)26-17/h3-11H,12H2,1-2H3,(H,20,22). The summed E-state index contributed by atoms with van der Waals surface area (Å²) in [6.07, 6.45) is 0. The van der Waals surface area contributed by atoms with Gasteiger partial charge in [-0.25, -0.2) is 13.2 Å². The molecule has 0 saturated carbocycles. The summed E-state index contributed by atoms with van der Waals surface area (Å²) in [4.78, 5) is 23.4. The number of hydrogen-bond donors (Lipinski definition) is 1. The molecule has 140 valence electrons. The number of likely N-dealkylation sites (N-methyl/N-ethyl adjacent to an activating group) is 1. The molecule has 1 N–H and O–H groups in total. The van der Waals surface area contributed by atoms with Crippen LogP contribution in [0.5, 0.6) is 0 Å². The number of amides is 1. The number of benzene rings is 2. The van der Waals surface area contributed by atoms with Crippen LogP contribution in [-0.2, 0) is 14.8 Å². The molecular formula is C19H18N2O5S. The second-order valence-electron chi connectivity index (χ2n) is 6.13. The fourth-order valence-electron chi connectivity index (χ4n) is 2.51. The molecule has 0 radical (unpaired) electrons. The summed E-state index contributed by atoms with van der Waals surface area (Å²) in [5.41, 5.74) is 1.43. The first-order valence-electron chi connectivity index (χ1n) is 8.12. The first-order chi connectivity index (χ1) is 12.8. The molecule has 0 aliphatic heterocycles. The van der Waals surface area contributed by atoms with Crippen molar-refractivity contribution in [3.8, 4) is 0 Å². The second kappa shape index (κ2) is 7.34. The molecule has 3 aromatic rings. The van der Waals surface area contributed by atoms with E-state index in [9.17, 15) is 18.0 Å². The van der Waals surface area contributed by atoms with Crippen LogP contribution >= 0.6 is 0 Å². The molecule has 0 aliphatic rings. The fraction of sp³-hybridized carbons (Fsp3) is 0.158. The minimum absolute atomic E-state index is 0.00878. The third-order valence-corrected chi connectivity index (χ3v) is 5.80. The quantitative estimate of drug-likeness (QED) is 0.679. The highest BCUT2D eigenvalue weighted by Crippen LogP contribution is 2.20. The first kappa shape index (κ1) is 18.8. The Kier molecular flexibility index (Phi) is 5.11. The van der Waals surface area contributed by atoms with E-state index in [0.29, 0.717) is 16.7 Å². The van der Waals surface area contributed by atoms with Gasteiger partial charge in [-0.05, 0) is 43.3 Å². The fourth-order valence-corrected chi connectivity index (χ4v) is 3.68. The Labute approximate surface area is 156 Å². The van der Waals surface area contributed by atoms with Crippen molar-refractivity contribution < 1.29 is 17.6 Å². The highest BCUT2D eigenvalue weighted by Gasteiger charge is 2.23. The van der Waals surface area contributed by atoms with Gasteiger partial charge < -0.3 is 9.73 Å². The van der Waals surface area contributed by atoms with E-state index in [2.05, 4.69) is 5.32 Å². The average molecular weight is 386 g/mol. The molecular weight excluding hydrogens is 368 g/mol. The first-order valence-corrected chi connectivity index (χ1v) is 9.56. The lowest BCUT2D eigenvalue weighted by molar-refractivity contribution is -0.116. The zero-order valence-electron chi connectivity index (χ0n) is 14.8. The summed E-state index contributed by atoms with van der Waals surface area (Å²) in [5, 5.41) is 3.14. The molecule has 1 heterocycles. The maximum atomic E-state index is 12.7. The molecule has 1 aromatic heterocycles. The molecule has 0 fully saturated rings. The number of nitrogens with zero attached hydrogens (tertiary/aromatic N) is 1. The minimum atomic E-state index is -3.88. The third-order valence-electron chi connectivity index (χ3n) is 4.00. The van der Waals surface area contributed by atoms with E-state index in [0.717, 1.165) is 9.87 Å². The summed E-state index contributed by atoms with van der Waals surface area (Å²) in [6, 6.07) is 14.1. The molecule has 0 spiro atoms. The van der Waals surface area contributed by atoms with Gasteiger partial charge in [0.1, 0.15) is 5.58 Å². The number of aryl methyl sites for hydroxylation is 1. The van der Waals surface area contributed by atoms with Crippen molar-refractivity contribution >= 4 is 32.6 Å². The Morgan fingerprint density at radius 1 is 1.07 bits per heavy atom. The molecule has 0 saturated heterocycles. The van der Waals surface area contributed by atoms with Gasteiger partial charge in [0.2, 0.25) is 15.9 Å².